The Morgan fingerprint density at radius 3 is 2.33 bits per heavy atom. The molecule has 2 radical (unpaired) electrons. The van der Waals surface area contributed by atoms with Crippen molar-refractivity contribution < 1.29 is 0 Å². The third kappa shape index (κ3) is 1.84. The molecule has 2 heteroatoms. The standard InChI is InChI=1S/C7H6Se2/c8-5-7(9)6-3-1-2-4-6/h1-6H/b7-5-. The molecule has 0 bridgehead atoms. The fourth-order valence-electron chi connectivity index (χ4n) is 0.700. The van der Waals surface area contributed by atoms with Crippen molar-refractivity contribution in [1.82, 2.24) is 0 Å². The van der Waals surface area contributed by atoms with Crippen molar-refractivity contribution in [3.8, 4) is 0 Å². The van der Waals surface area contributed by atoms with Crippen molar-refractivity contribution in [3.63, 3.8) is 0 Å². The molecule has 0 atom stereocenters. The Bertz CT molecular complexity index is 165. The molecule has 0 amide bonds. The van der Waals surface area contributed by atoms with Gasteiger partial charge in [0.25, 0.3) is 0 Å². The molecule has 0 spiro atoms. The third-order valence-electron chi connectivity index (χ3n) is 1.19. The summed E-state index contributed by atoms with van der Waals surface area (Å²) in [6.45, 7) is 0. The molecule has 1 rings (SSSR count). The monoisotopic (exact) mass is 250 g/mol. The average Bonchev–Trinajstić information content (AvgIpc) is 2.37. The molecule has 0 aliphatic heterocycles. The summed E-state index contributed by atoms with van der Waals surface area (Å²) < 4.78 is 1.25. The number of hydrogen-bond donors (Lipinski definition) is 0. The van der Waals surface area contributed by atoms with Crippen molar-refractivity contribution in [2.24, 2.45) is 5.92 Å². The van der Waals surface area contributed by atoms with Crippen molar-refractivity contribution in [2.75, 3.05) is 0 Å². The molecule has 0 heterocycles. The molecule has 0 aromatic rings. The van der Waals surface area contributed by atoms with Gasteiger partial charge in [0.1, 0.15) is 0 Å². The second-order valence-corrected chi connectivity index (χ2v) is 3.30. The first kappa shape index (κ1) is 7.37. The molecule has 0 saturated heterocycles. The first-order valence-corrected chi connectivity index (χ1v) is 4.53. The van der Waals surface area contributed by atoms with Crippen LogP contribution in [0, 0.1) is 5.92 Å². The van der Waals surface area contributed by atoms with E-state index in [1.807, 2.05) is 4.97 Å². The third-order valence-corrected chi connectivity index (χ3v) is 3.30. The molecule has 46 valence electrons. The number of hydrogen-bond acceptors (Lipinski definition) is 0. The fourth-order valence-corrected chi connectivity index (χ4v) is 1.36. The molecule has 0 aromatic carbocycles. The number of allylic oxidation sites excluding steroid dienone is 5. The van der Waals surface area contributed by atoms with Gasteiger partial charge >= 0.3 is 71.7 Å². The predicted molar refractivity (Wildman–Crippen MR) is 41.4 cm³/mol. The van der Waals surface area contributed by atoms with Crippen LogP contribution in [-0.4, -0.2) is 32.0 Å². The Hall–Kier alpha value is 0.259. The van der Waals surface area contributed by atoms with E-state index in [9.17, 15) is 0 Å². The number of rotatable bonds is 1. The zero-order chi connectivity index (χ0) is 6.69. The molecule has 0 nitrogen and oxygen atoms in total. The van der Waals surface area contributed by atoms with Crippen molar-refractivity contribution in [2.45, 2.75) is 0 Å². The van der Waals surface area contributed by atoms with Crippen LogP contribution in [0.1, 0.15) is 0 Å². The van der Waals surface area contributed by atoms with E-state index in [0.29, 0.717) is 5.92 Å². The van der Waals surface area contributed by atoms with Crippen molar-refractivity contribution in [3.05, 3.63) is 33.8 Å². The van der Waals surface area contributed by atoms with Crippen LogP contribution in [0.5, 0.6) is 0 Å². The molecule has 1 aliphatic rings. The van der Waals surface area contributed by atoms with Crippen LogP contribution >= 0.6 is 0 Å². The summed E-state index contributed by atoms with van der Waals surface area (Å²) in [5.41, 5.74) is 0. The summed E-state index contributed by atoms with van der Waals surface area (Å²) in [7, 11) is 0. The van der Waals surface area contributed by atoms with Gasteiger partial charge < -0.3 is 0 Å². The Morgan fingerprint density at radius 1 is 1.33 bits per heavy atom. The van der Waals surface area contributed by atoms with Gasteiger partial charge in [-0.1, -0.05) is 0 Å². The van der Waals surface area contributed by atoms with Gasteiger partial charge in [-0.05, 0) is 0 Å². The zero-order valence-corrected chi connectivity index (χ0v) is 8.21. The van der Waals surface area contributed by atoms with E-state index in [-0.39, 0.29) is 0 Å². The van der Waals surface area contributed by atoms with Gasteiger partial charge in [-0.3, -0.25) is 0 Å². The topological polar surface area (TPSA) is 0 Å². The normalized spacial score (nSPS) is 19.3. The Balaban J connectivity index is 2.64. The molecule has 0 fully saturated rings. The Morgan fingerprint density at radius 2 is 1.89 bits per heavy atom. The molecule has 0 aromatic heterocycles. The van der Waals surface area contributed by atoms with Crippen LogP contribution < -0.4 is 0 Å². The molecular formula is C7H6Se2. The summed E-state index contributed by atoms with van der Waals surface area (Å²) in [6.07, 6.45) is 8.43. The SMILES string of the molecule is [Se]/C=C(\[Se])C1C=CC=C1. The molecule has 0 N–H and O–H groups in total. The van der Waals surface area contributed by atoms with Gasteiger partial charge in [-0.25, -0.2) is 0 Å². The van der Waals surface area contributed by atoms with E-state index < -0.39 is 0 Å². The van der Waals surface area contributed by atoms with Gasteiger partial charge in [0.15, 0.2) is 0 Å². The summed E-state index contributed by atoms with van der Waals surface area (Å²) in [4.78, 5) is 1.98. The van der Waals surface area contributed by atoms with Crippen LogP contribution in [0.15, 0.2) is 33.8 Å². The van der Waals surface area contributed by atoms with Gasteiger partial charge in [-0.15, -0.1) is 0 Å². The molecule has 0 unspecified atom stereocenters. The van der Waals surface area contributed by atoms with Gasteiger partial charge in [-0.2, -0.15) is 0 Å². The average molecular weight is 248 g/mol. The minimum absolute atomic E-state index is 0.492. The summed E-state index contributed by atoms with van der Waals surface area (Å²) in [5, 5.41) is 0. The maximum absolute atomic E-state index is 3.00. The predicted octanol–water partition coefficient (Wildman–Crippen LogP) is 0.907. The van der Waals surface area contributed by atoms with Crippen LogP contribution in [0.4, 0.5) is 0 Å². The maximum atomic E-state index is 3.00. The van der Waals surface area contributed by atoms with Crippen molar-refractivity contribution >= 4 is 32.0 Å². The summed E-state index contributed by atoms with van der Waals surface area (Å²) >= 11 is 5.85. The van der Waals surface area contributed by atoms with E-state index in [0.717, 1.165) is 0 Å². The second-order valence-electron chi connectivity index (χ2n) is 1.82. The van der Waals surface area contributed by atoms with E-state index in [2.05, 4.69) is 56.3 Å². The van der Waals surface area contributed by atoms with E-state index in [1.54, 1.807) is 0 Å². The summed E-state index contributed by atoms with van der Waals surface area (Å²) in [6, 6.07) is 0. The minimum atomic E-state index is 0.492. The first-order chi connectivity index (χ1) is 4.34. The fraction of sp³-hybridized carbons (Fsp3) is 0.143. The molecule has 0 saturated carbocycles. The molecule has 1 aliphatic carbocycles. The summed E-state index contributed by atoms with van der Waals surface area (Å²) in [5.74, 6) is 0.492. The first-order valence-electron chi connectivity index (χ1n) is 2.68. The van der Waals surface area contributed by atoms with E-state index >= 15 is 0 Å². The van der Waals surface area contributed by atoms with Crippen LogP contribution in [-0.2, 0) is 0 Å². The quantitative estimate of drug-likeness (QED) is 0.605. The van der Waals surface area contributed by atoms with Crippen LogP contribution in [0.2, 0.25) is 0 Å². The van der Waals surface area contributed by atoms with Crippen molar-refractivity contribution in [1.29, 1.82) is 0 Å². The second kappa shape index (κ2) is 3.43. The molecular weight excluding hydrogens is 242 g/mol. The van der Waals surface area contributed by atoms with Gasteiger partial charge in [0, 0.05) is 0 Å². The van der Waals surface area contributed by atoms with Gasteiger partial charge in [0.05, 0.1) is 0 Å². The Kier molecular flexibility index (Phi) is 2.81. The van der Waals surface area contributed by atoms with E-state index in [1.165, 1.54) is 4.47 Å². The van der Waals surface area contributed by atoms with E-state index in [4.69, 9.17) is 0 Å². The van der Waals surface area contributed by atoms with Gasteiger partial charge in [0.2, 0.25) is 0 Å². The Labute approximate surface area is 71.7 Å². The van der Waals surface area contributed by atoms with Crippen LogP contribution in [0.25, 0.3) is 0 Å². The zero-order valence-electron chi connectivity index (χ0n) is 4.78. The molecule has 9 heavy (non-hydrogen) atoms. The van der Waals surface area contributed by atoms with Crippen LogP contribution in [0.3, 0.4) is 0 Å².